The zero-order valence-electron chi connectivity index (χ0n) is 15.2. The Kier molecular flexibility index (Phi) is 6.30. The van der Waals surface area contributed by atoms with Crippen LogP contribution in [0.25, 0.3) is 0 Å². The van der Waals surface area contributed by atoms with Crippen LogP contribution in [0.2, 0.25) is 0 Å². The molecular formula is C21H19N3O4. The summed E-state index contributed by atoms with van der Waals surface area (Å²) < 4.78 is 11.0. The van der Waals surface area contributed by atoms with Crippen molar-refractivity contribution in [3.63, 3.8) is 0 Å². The summed E-state index contributed by atoms with van der Waals surface area (Å²) >= 11 is 0. The SMILES string of the molecule is CC(OC(=O)c1ccccc1OCc1ccccc1)C(=O)Nc1ncccn1. The van der Waals surface area contributed by atoms with Crippen LogP contribution in [0.1, 0.15) is 22.8 Å². The van der Waals surface area contributed by atoms with Crippen LogP contribution in [0.5, 0.6) is 5.75 Å². The molecule has 1 heterocycles. The quantitative estimate of drug-likeness (QED) is 0.636. The second kappa shape index (κ2) is 9.27. The van der Waals surface area contributed by atoms with Crippen LogP contribution in [-0.2, 0) is 16.1 Å². The number of anilines is 1. The number of esters is 1. The summed E-state index contributed by atoms with van der Waals surface area (Å²) in [4.78, 5) is 32.5. The zero-order chi connectivity index (χ0) is 19.8. The molecular weight excluding hydrogens is 358 g/mol. The Morgan fingerprint density at radius 2 is 1.64 bits per heavy atom. The van der Waals surface area contributed by atoms with Crippen LogP contribution in [-0.4, -0.2) is 27.9 Å². The average molecular weight is 377 g/mol. The smallest absolute Gasteiger partial charge is 0.342 e. The third-order valence-corrected chi connectivity index (χ3v) is 3.80. The lowest BCUT2D eigenvalue weighted by Crippen LogP contribution is -2.30. The van der Waals surface area contributed by atoms with E-state index in [2.05, 4.69) is 15.3 Å². The van der Waals surface area contributed by atoms with Gasteiger partial charge in [0.25, 0.3) is 5.91 Å². The van der Waals surface area contributed by atoms with Crippen molar-refractivity contribution in [2.24, 2.45) is 0 Å². The van der Waals surface area contributed by atoms with Gasteiger partial charge in [-0.1, -0.05) is 42.5 Å². The highest BCUT2D eigenvalue weighted by Gasteiger charge is 2.22. The molecule has 1 aromatic heterocycles. The zero-order valence-corrected chi connectivity index (χ0v) is 15.2. The highest BCUT2D eigenvalue weighted by atomic mass is 16.5. The van der Waals surface area contributed by atoms with Crippen LogP contribution >= 0.6 is 0 Å². The van der Waals surface area contributed by atoms with Gasteiger partial charge in [-0.2, -0.15) is 0 Å². The summed E-state index contributed by atoms with van der Waals surface area (Å²) in [6.45, 7) is 1.79. The normalized spacial score (nSPS) is 11.3. The molecule has 3 rings (SSSR count). The molecule has 28 heavy (non-hydrogen) atoms. The minimum Gasteiger partial charge on any atom is -0.488 e. The number of carbonyl (C=O) groups is 2. The molecule has 0 radical (unpaired) electrons. The minimum absolute atomic E-state index is 0.141. The second-order valence-electron chi connectivity index (χ2n) is 5.88. The molecule has 0 aliphatic rings. The Hall–Kier alpha value is -3.74. The van der Waals surface area contributed by atoms with E-state index in [1.54, 1.807) is 30.3 Å². The maximum absolute atomic E-state index is 12.5. The fourth-order valence-electron chi connectivity index (χ4n) is 2.35. The van der Waals surface area contributed by atoms with Crippen molar-refractivity contribution in [2.45, 2.75) is 19.6 Å². The van der Waals surface area contributed by atoms with E-state index in [9.17, 15) is 9.59 Å². The van der Waals surface area contributed by atoms with E-state index in [1.807, 2.05) is 30.3 Å². The van der Waals surface area contributed by atoms with Gasteiger partial charge in [-0.05, 0) is 30.7 Å². The number of amides is 1. The van der Waals surface area contributed by atoms with Gasteiger partial charge in [0.1, 0.15) is 17.9 Å². The number of nitrogens with zero attached hydrogens (tertiary/aromatic N) is 2. The van der Waals surface area contributed by atoms with Crippen molar-refractivity contribution in [3.05, 3.63) is 84.2 Å². The molecule has 1 atom stereocenters. The number of para-hydroxylation sites is 1. The first-order chi connectivity index (χ1) is 13.6. The number of nitrogens with one attached hydrogen (secondary N) is 1. The molecule has 0 fully saturated rings. The Morgan fingerprint density at radius 1 is 0.964 bits per heavy atom. The molecule has 0 aliphatic carbocycles. The summed E-state index contributed by atoms with van der Waals surface area (Å²) in [7, 11) is 0. The van der Waals surface area contributed by atoms with Crippen molar-refractivity contribution in [1.82, 2.24) is 9.97 Å². The largest absolute Gasteiger partial charge is 0.488 e. The predicted molar refractivity (Wildman–Crippen MR) is 103 cm³/mol. The van der Waals surface area contributed by atoms with E-state index in [1.165, 1.54) is 19.3 Å². The fraction of sp³-hybridized carbons (Fsp3) is 0.143. The standard InChI is InChI=1S/C21H19N3O4/c1-15(19(25)24-21-22-12-7-13-23-21)28-20(26)17-10-5-6-11-18(17)27-14-16-8-3-2-4-9-16/h2-13,15H,14H2,1H3,(H,22,23,24,25). The van der Waals surface area contributed by atoms with Gasteiger partial charge in [0.15, 0.2) is 6.10 Å². The van der Waals surface area contributed by atoms with Gasteiger partial charge in [0.2, 0.25) is 5.95 Å². The summed E-state index contributed by atoms with van der Waals surface area (Å²) in [6, 6.07) is 18.0. The first-order valence-electron chi connectivity index (χ1n) is 8.68. The van der Waals surface area contributed by atoms with E-state index in [-0.39, 0.29) is 11.5 Å². The highest BCUT2D eigenvalue weighted by molar-refractivity contribution is 5.97. The lowest BCUT2D eigenvalue weighted by atomic mass is 10.2. The third-order valence-electron chi connectivity index (χ3n) is 3.80. The number of hydrogen-bond acceptors (Lipinski definition) is 6. The number of aromatic nitrogens is 2. The molecule has 0 bridgehead atoms. The Balaban J connectivity index is 1.63. The van der Waals surface area contributed by atoms with Gasteiger partial charge >= 0.3 is 5.97 Å². The number of rotatable bonds is 7. The summed E-state index contributed by atoms with van der Waals surface area (Å²) in [6.07, 6.45) is 1.97. The first-order valence-corrected chi connectivity index (χ1v) is 8.68. The topological polar surface area (TPSA) is 90.4 Å². The molecule has 0 aliphatic heterocycles. The molecule has 142 valence electrons. The van der Waals surface area contributed by atoms with Gasteiger partial charge in [-0.15, -0.1) is 0 Å². The van der Waals surface area contributed by atoms with Crippen LogP contribution in [0.3, 0.4) is 0 Å². The Morgan fingerprint density at radius 3 is 2.39 bits per heavy atom. The number of benzene rings is 2. The van der Waals surface area contributed by atoms with Gasteiger partial charge in [0, 0.05) is 12.4 Å². The van der Waals surface area contributed by atoms with Crippen LogP contribution in [0, 0.1) is 0 Å². The number of hydrogen-bond donors (Lipinski definition) is 1. The summed E-state index contributed by atoms with van der Waals surface area (Å²) in [5.74, 6) is -0.653. The van der Waals surface area contributed by atoms with Crippen molar-refractivity contribution in [2.75, 3.05) is 5.32 Å². The maximum Gasteiger partial charge on any atom is 0.342 e. The van der Waals surface area contributed by atoms with E-state index < -0.39 is 18.0 Å². The van der Waals surface area contributed by atoms with Gasteiger partial charge in [-0.3, -0.25) is 10.1 Å². The fourth-order valence-corrected chi connectivity index (χ4v) is 2.35. The third kappa shape index (κ3) is 5.14. The van der Waals surface area contributed by atoms with Crippen LogP contribution in [0.15, 0.2) is 73.1 Å². The molecule has 1 unspecified atom stereocenters. The van der Waals surface area contributed by atoms with Crippen LogP contribution in [0.4, 0.5) is 5.95 Å². The Labute approximate surface area is 162 Å². The molecule has 7 nitrogen and oxygen atoms in total. The van der Waals surface area contributed by atoms with Crippen molar-refractivity contribution in [3.8, 4) is 5.75 Å². The molecule has 0 spiro atoms. The van der Waals surface area contributed by atoms with Crippen LogP contribution < -0.4 is 10.1 Å². The van der Waals surface area contributed by atoms with E-state index in [0.29, 0.717) is 12.4 Å². The molecule has 3 aromatic rings. The average Bonchev–Trinajstić information content (AvgIpc) is 2.74. The molecule has 1 N–H and O–H groups in total. The molecule has 0 saturated carbocycles. The monoisotopic (exact) mass is 377 g/mol. The second-order valence-corrected chi connectivity index (χ2v) is 5.88. The lowest BCUT2D eigenvalue weighted by molar-refractivity contribution is -0.123. The Bertz CT molecular complexity index is 933. The van der Waals surface area contributed by atoms with E-state index in [0.717, 1.165) is 5.56 Å². The molecule has 0 saturated heterocycles. The lowest BCUT2D eigenvalue weighted by Gasteiger charge is -2.15. The van der Waals surface area contributed by atoms with Crippen molar-refractivity contribution < 1.29 is 19.1 Å². The van der Waals surface area contributed by atoms with Gasteiger partial charge < -0.3 is 9.47 Å². The number of ether oxygens (including phenoxy) is 2. The van der Waals surface area contributed by atoms with Crippen molar-refractivity contribution >= 4 is 17.8 Å². The maximum atomic E-state index is 12.5. The molecule has 7 heteroatoms. The first kappa shape index (κ1) is 19.0. The minimum atomic E-state index is -1.03. The molecule has 1 amide bonds. The van der Waals surface area contributed by atoms with E-state index >= 15 is 0 Å². The predicted octanol–water partition coefficient (Wildman–Crippen LogP) is 3.24. The molecule has 2 aromatic carbocycles. The van der Waals surface area contributed by atoms with E-state index in [4.69, 9.17) is 9.47 Å². The number of carbonyl (C=O) groups excluding carboxylic acids is 2. The van der Waals surface area contributed by atoms with Gasteiger partial charge in [0.05, 0.1) is 0 Å². The summed E-state index contributed by atoms with van der Waals surface area (Å²) in [5.41, 5.74) is 1.22. The van der Waals surface area contributed by atoms with Gasteiger partial charge in [-0.25, -0.2) is 14.8 Å². The highest BCUT2D eigenvalue weighted by Crippen LogP contribution is 2.21. The van der Waals surface area contributed by atoms with Crippen molar-refractivity contribution in [1.29, 1.82) is 0 Å². The summed E-state index contributed by atoms with van der Waals surface area (Å²) in [5, 5.41) is 2.49.